The third-order valence-electron chi connectivity index (χ3n) is 5.88. The van der Waals surface area contributed by atoms with E-state index in [0.29, 0.717) is 34.8 Å². The van der Waals surface area contributed by atoms with Crippen LogP contribution in [0.4, 0.5) is 0 Å². The number of ether oxygens (including phenoxy) is 1. The number of fused-ring (bicyclic) bond motifs is 1. The molecule has 0 bridgehead atoms. The molecule has 4 rings (SSSR count). The van der Waals surface area contributed by atoms with Crippen molar-refractivity contribution in [1.82, 2.24) is 14.5 Å². The topological polar surface area (TPSA) is 119 Å². The van der Waals surface area contributed by atoms with Crippen LogP contribution in [-0.4, -0.2) is 52.8 Å². The fourth-order valence-electron chi connectivity index (χ4n) is 4.32. The van der Waals surface area contributed by atoms with Gasteiger partial charge in [-0.25, -0.2) is 14.8 Å². The quantitative estimate of drug-likeness (QED) is 0.0565. The lowest BCUT2D eigenvalue weighted by Crippen LogP contribution is -2.24. The minimum Gasteiger partial charge on any atom is -0.474 e. The minimum atomic E-state index is -1.05. The maximum atomic E-state index is 13.1. The maximum Gasteiger partial charge on any atom is 0.289 e. The number of aromatic nitrogens is 3. The molecule has 37 heavy (non-hydrogen) atoms. The van der Waals surface area contributed by atoms with Crippen LogP contribution in [0.5, 0.6) is 5.88 Å². The maximum absolute atomic E-state index is 13.1. The number of carbonyl (C=O) groups excluding carboxylic acids is 2. The van der Waals surface area contributed by atoms with Crippen molar-refractivity contribution in [1.29, 1.82) is 0 Å². The van der Waals surface area contributed by atoms with Crippen LogP contribution in [0.1, 0.15) is 28.5 Å². The van der Waals surface area contributed by atoms with Gasteiger partial charge in [-0.1, -0.05) is 73.3 Å². The number of carbonyl (C=O) groups is 2. The summed E-state index contributed by atoms with van der Waals surface area (Å²) in [7, 11) is 1.40. The van der Waals surface area contributed by atoms with Crippen molar-refractivity contribution in [2.75, 3.05) is 26.6 Å². The van der Waals surface area contributed by atoms with Gasteiger partial charge in [-0.15, -0.1) is 0 Å². The lowest BCUT2D eigenvalue weighted by atomic mass is 9.99. The van der Waals surface area contributed by atoms with Gasteiger partial charge in [0.25, 0.3) is 11.7 Å². The molecule has 1 amide bonds. The zero-order valence-corrected chi connectivity index (χ0v) is 21.7. The van der Waals surface area contributed by atoms with Crippen LogP contribution in [0.15, 0.2) is 59.8 Å². The van der Waals surface area contributed by atoms with E-state index in [1.165, 1.54) is 18.9 Å². The van der Waals surface area contributed by atoms with Gasteiger partial charge in [-0.3, -0.25) is 9.59 Å². The molecule has 0 aliphatic rings. The van der Waals surface area contributed by atoms with Gasteiger partial charge in [0.1, 0.15) is 18.9 Å². The Morgan fingerprint density at radius 3 is 2.43 bits per heavy atom. The normalized spacial score (nSPS) is 11.1. The molecule has 2 N–H and O–H groups in total. The predicted octanol–water partition coefficient (Wildman–Crippen LogP) is 4.06. The molecule has 0 fully saturated rings. The standard InChI is InChI=1S/C27H28N4O5S/c1-4-20-21(23(32)24(28)33)22-25(29-27(37-3)30-26(22)35-14-15-36-34-2)31(20)16-18-12-8-9-13-19(18)17-10-6-5-7-11-17/h5-13H,4,14-16H2,1-3H3,(H2,28,33). The fraction of sp³-hybridized carbons (Fsp3) is 0.259. The van der Waals surface area contributed by atoms with Gasteiger partial charge in [-0.05, 0) is 29.4 Å². The molecule has 0 spiro atoms. The Bertz CT molecular complexity index is 1420. The van der Waals surface area contributed by atoms with E-state index >= 15 is 0 Å². The molecule has 2 aromatic carbocycles. The number of hydrogen-bond acceptors (Lipinski definition) is 8. The van der Waals surface area contributed by atoms with Gasteiger partial charge in [0.2, 0.25) is 5.88 Å². The van der Waals surface area contributed by atoms with Crippen molar-refractivity contribution >= 4 is 34.5 Å². The SMILES string of the molecule is CCc1c(C(=O)C(N)=O)c2c(OCCOOC)nc(SC)nc2n1Cc1ccccc1-c1ccccc1. The van der Waals surface area contributed by atoms with Crippen molar-refractivity contribution < 1.29 is 24.1 Å². The zero-order chi connectivity index (χ0) is 26.4. The van der Waals surface area contributed by atoms with Crippen molar-refractivity contribution in [3.8, 4) is 17.0 Å². The molecule has 2 heterocycles. The third-order valence-corrected chi connectivity index (χ3v) is 6.43. The summed E-state index contributed by atoms with van der Waals surface area (Å²) in [6.07, 6.45) is 2.31. The lowest BCUT2D eigenvalue weighted by Gasteiger charge is -2.14. The highest BCUT2D eigenvalue weighted by molar-refractivity contribution is 7.98. The van der Waals surface area contributed by atoms with Crippen LogP contribution in [0.3, 0.4) is 0 Å². The van der Waals surface area contributed by atoms with Crippen LogP contribution < -0.4 is 10.5 Å². The highest BCUT2D eigenvalue weighted by Gasteiger charge is 2.30. The summed E-state index contributed by atoms with van der Waals surface area (Å²) < 4.78 is 7.85. The molecule has 4 aromatic rings. The molecular weight excluding hydrogens is 492 g/mol. The van der Waals surface area contributed by atoms with E-state index in [4.69, 9.17) is 20.3 Å². The molecule has 192 valence electrons. The van der Waals surface area contributed by atoms with E-state index in [1.54, 1.807) is 0 Å². The van der Waals surface area contributed by atoms with Crippen LogP contribution >= 0.6 is 11.8 Å². The molecule has 0 saturated carbocycles. The number of nitrogens with zero attached hydrogens (tertiary/aromatic N) is 3. The number of hydrogen-bond donors (Lipinski definition) is 1. The number of rotatable bonds is 12. The molecular formula is C27H28N4O5S. The van der Waals surface area contributed by atoms with Gasteiger partial charge >= 0.3 is 0 Å². The first-order valence-corrected chi connectivity index (χ1v) is 13.0. The highest BCUT2D eigenvalue weighted by Crippen LogP contribution is 2.35. The summed E-state index contributed by atoms with van der Waals surface area (Å²) in [6, 6.07) is 18.1. The molecule has 0 aliphatic heterocycles. The molecule has 0 aliphatic carbocycles. The Balaban J connectivity index is 1.95. The first-order chi connectivity index (χ1) is 18.0. The predicted molar refractivity (Wildman–Crippen MR) is 142 cm³/mol. The van der Waals surface area contributed by atoms with Crippen LogP contribution in [0.25, 0.3) is 22.2 Å². The first-order valence-electron chi connectivity index (χ1n) is 11.7. The molecule has 9 nitrogen and oxygen atoms in total. The summed E-state index contributed by atoms with van der Waals surface area (Å²) in [6.45, 7) is 2.58. The Hall–Kier alpha value is -3.73. The number of nitrogens with two attached hydrogens (primary N) is 1. The summed E-state index contributed by atoms with van der Waals surface area (Å²) in [5, 5.41) is 0.819. The van der Waals surface area contributed by atoms with E-state index in [-0.39, 0.29) is 24.7 Å². The monoisotopic (exact) mass is 520 g/mol. The summed E-state index contributed by atoms with van der Waals surface area (Å²) in [4.78, 5) is 44.0. The van der Waals surface area contributed by atoms with Gasteiger partial charge in [0, 0.05) is 12.2 Å². The van der Waals surface area contributed by atoms with Gasteiger partial charge in [0.15, 0.2) is 5.16 Å². The second-order valence-corrected chi connectivity index (χ2v) is 8.80. The molecule has 0 saturated heterocycles. The second kappa shape index (κ2) is 12.0. The van der Waals surface area contributed by atoms with Gasteiger partial charge in [-0.2, -0.15) is 4.98 Å². The summed E-state index contributed by atoms with van der Waals surface area (Å²) >= 11 is 1.35. The first kappa shape index (κ1) is 26.3. The van der Waals surface area contributed by atoms with E-state index in [2.05, 4.69) is 28.1 Å². The lowest BCUT2D eigenvalue weighted by molar-refractivity contribution is -0.275. The van der Waals surface area contributed by atoms with Crippen molar-refractivity contribution in [3.63, 3.8) is 0 Å². The van der Waals surface area contributed by atoms with Crippen LogP contribution in [0, 0.1) is 0 Å². The fourth-order valence-corrected chi connectivity index (χ4v) is 4.67. The Labute approximate surface area is 218 Å². The number of ketones is 1. The summed E-state index contributed by atoms with van der Waals surface area (Å²) in [5.74, 6) is -1.68. The number of Topliss-reactive ketones (excluding diaryl/α,β-unsaturated/α-hetero) is 1. The third kappa shape index (κ3) is 5.51. The number of benzene rings is 2. The van der Waals surface area contributed by atoms with Crippen molar-refractivity contribution in [2.24, 2.45) is 5.73 Å². The molecule has 10 heteroatoms. The van der Waals surface area contributed by atoms with E-state index in [0.717, 1.165) is 16.7 Å². The van der Waals surface area contributed by atoms with E-state index < -0.39 is 11.7 Å². The van der Waals surface area contributed by atoms with Crippen LogP contribution in [0.2, 0.25) is 0 Å². The molecule has 2 aromatic heterocycles. The second-order valence-electron chi connectivity index (χ2n) is 8.03. The largest absolute Gasteiger partial charge is 0.474 e. The van der Waals surface area contributed by atoms with Crippen molar-refractivity contribution in [2.45, 2.75) is 25.0 Å². The molecule has 0 radical (unpaired) electrons. The highest BCUT2D eigenvalue weighted by atomic mass is 32.2. The Morgan fingerprint density at radius 1 is 1.03 bits per heavy atom. The number of amides is 1. The van der Waals surface area contributed by atoms with Crippen LogP contribution in [-0.2, 0) is 27.5 Å². The van der Waals surface area contributed by atoms with Crippen molar-refractivity contribution in [3.05, 3.63) is 71.4 Å². The Morgan fingerprint density at radius 2 is 1.76 bits per heavy atom. The van der Waals surface area contributed by atoms with E-state index in [9.17, 15) is 9.59 Å². The zero-order valence-electron chi connectivity index (χ0n) is 20.9. The minimum absolute atomic E-state index is 0.113. The number of thioether (sulfide) groups is 1. The van der Waals surface area contributed by atoms with Gasteiger partial charge in [0.05, 0.1) is 18.1 Å². The average molecular weight is 521 g/mol. The summed E-state index contributed by atoms with van der Waals surface area (Å²) in [5.41, 5.74) is 9.91. The Kier molecular flexibility index (Phi) is 8.54. The molecule has 0 atom stereocenters. The van der Waals surface area contributed by atoms with Gasteiger partial charge < -0.3 is 15.0 Å². The number of primary amides is 1. The molecule has 0 unspecified atom stereocenters. The average Bonchev–Trinajstić information content (AvgIpc) is 3.24. The smallest absolute Gasteiger partial charge is 0.289 e. The van der Waals surface area contributed by atoms with E-state index in [1.807, 2.05) is 54.1 Å².